The van der Waals surface area contributed by atoms with Crippen molar-refractivity contribution in [2.45, 2.75) is 39.7 Å². The average molecular weight is 266 g/mol. The lowest BCUT2D eigenvalue weighted by Gasteiger charge is -2.13. The van der Waals surface area contributed by atoms with E-state index in [1.54, 1.807) is 6.07 Å². The largest absolute Gasteiger partial charge is 0.359 e. The van der Waals surface area contributed by atoms with Crippen LogP contribution in [0.5, 0.6) is 0 Å². The Balaban J connectivity index is 2.03. The van der Waals surface area contributed by atoms with Crippen LogP contribution in [0.3, 0.4) is 0 Å². The van der Waals surface area contributed by atoms with E-state index in [-0.39, 0.29) is 5.82 Å². The highest BCUT2D eigenvalue weighted by Gasteiger charge is 2.08. The number of fused-ring (bicyclic) bond motifs is 1. The van der Waals surface area contributed by atoms with Crippen LogP contribution in [-0.4, -0.2) is 11.0 Å². The number of halogens is 1. The monoisotopic (exact) mass is 266 g/mol. The van der Waals surface area contributed by atoms with Crippen LogP contribution >= 0.6 is 11.3 Å². The minimum absolute atomic E-state index is 0.203. The van der Waals surface area contributed by atoms with Crippen molar-refractivity contribution >= 4 is 26.7 Å². The van der Waals surface area contributed by atoms with Crippen LogP contribution in [0.2, 0.25) is 0 Å². The van der Waals surface area contributed by atoms with Gasteiger partial charge in [-0.15, -0.1) is 0 Å². The zero-order chi connectivity index (χ0) is 13.1. The lowest BCUT2D eigenvalue weighted by Crippen LogP contribution is -2.15. The number of nitrogens with zero attached hydrogens (tertiary/aromatic N) is 1. The molecule has 0 saturated heterocycles. The topological polar surface area (TPSA) is 24.9 Å². The van der Waals surface area contributed by atoms with Crippen molar-refractivity contribution in [3.8, 4) is 0 Å². The molecule has 0 bridgehead atoms. The molecule has 0 radical (unpaired) electrons. The molecular formula is C14H19FN2S. The first-order valence-electron chi connectivity index (χ1n) is 6.37. The maximum atomic E-state index is 13.1. The predicted octanol–water partition coefficient (Wildman–Crippen LogP) is 4.67. The number of rotatable bonds is 5. The highest BCUT2D eigenvalue weighted by Crippen LogP contribution is 2.27. The van der Waals surface area contributed by atoms with Gasteiger partial charge in [-0.2, -0.15) is 0 Å². The van der Waals surface area contributed by atoms with Gasteiger partial charge in [0.1, 0.15) is 5.82 Å². The molecule has 0 spiro atoms. The van der Waals surface area contributed by atoms with Gasteiger partial charge in [0.05, 0.1) is 10.2 Å². The van der Waals surface area contributed by atoms with Gasteiger partial charge in [-0.3, -0.25) is 0 Å². The van der Waals surface area contributed by atoms with Gasteiger partial charge >= 0.3 is 0 Å². The van der Waals surface area contributed by atoms with E-state index in [2.05, 4.69) is 31.1 Å². The Morgan fingerprint density at radius 2 is 2.06 bits per heavy atom. The summed E-state index contributed by atoms with van der Waals surface area (Å²) in [5.74, 6) is 0.518. The van der Waals surface area contributed by atoms with Crippen LogP contribution in [0.4, 0.5) is 9.52 Å². The molecule has 2 nitrogen and oxygen atoms in total. The molecule has 2 rings (SSSR count). The van der Waals surface area contributed by atoms with Crippen LogP contribution < -0.4 is 5.32 Å². The fourth-order valence-corrected chi connectivity index (χ4v) is 2.83. The van der Waals surface area contributed by atoms with Gasteiger partial charge in [0.25, 0.3) is 0 Å². The van der Waals surface area contributed by atoms with Crippen LogP contribution in [0, 0.1) is 11.7 Å². The van der Waals surface area contributed by atoms with Gasteiger partial charge in [-0.25, -0.2) is 9.37 Å². The number of nitrogens with one attached hydrogen (secondary N) is 1. The van der Waals surface area contributed by atoms with Crippen molar-refractivity contribution in [2.24, 2.45) is 5.92 Å². The number of hydrogen-bond donors (Lipinski definition) is 1. The minimum atomic E-state index is -0.203. The molecule has 1 aromatic heterocycles. The fraction of sp³-hybridized carbons (Fsp3) is 0.500. The maximum Gasteiger partial charge on any atom is 0.184 e. The molecule has 18 heavy (non-hydrogen) atoms. The van der Waals surface area contributed by atoms with Crippen LogP contribution in [0.25, 0.3) is 10.2 Å². The third kappa shape index (κ3) is 3.42. The summed E-state index contributed by atoms with van der Waals surface area (Å²) in [7, 11) is 0. The Kier molecular flexibility index (Phi) is 4.17. The lowest BCUT2D eigenvalue weighted by atomic mass is 10.0. The molecule has 98 valence electrons. The summed E-state index contributed by atoms with van der Waals surface area (Å²) >= 11 is 1.51. The van der Waals surface area contributed by atoms with Crippen molar-refractivity contribution in [1.82, 2.24) is 4.98 Å². The van der Waals surface area contributed by atoms with Gasteiger partial charge in [0.15, 0.2) is 5.13 Å². The van der Waals surface area contributed by atoms with Crippen molar-refractivity contribution in [3.05, 3.63) is 24.0 Å². The molecule has 2 aromatic rings. The molecule has 0 fully saturated rings. The van der Waals surface area contributed by atoms with Gasteiger partial charge in [-0.1, -0.05) is 25.2 Å². The SMILES string of the molecule is CC(C)CCC(C)Nc1nc2ccc(F)cc2s1. The van der Waals surface area contributed by atoms with Gasteiger partial charge < -0.3 is 5.32 Å². The van der Waals surface area contributed by atoms with Crippen molar-refractivity contribution < 1.29 is 4.39 Å². The number of benzene rings is 1. The molecule has 1 N–H and O–H groups in total. The Bertz CT molecular complexity index is 521. The van der Waals surface area contributed by atoms with E-state index in [9.17, 15) is 4.39 Å². The van der Waals surface area contributed by atoms with E-state index in [1.165, 1.54) is 29.9 Å². The third-order valence-electron chi connectivity index (χ3n) is 2.90. The van der Waals surface area contributed by atoms with E-state index >= 15 is 0 Å². The smallest absolute Gasteiger partial charge is 0.184 e. The van der Waals surface area contributed by atoms with E-state index in [0.29, 0.717) is 6.04 Å². The van der Waals surface area contributed by atoms with Crippen molar-refractivity contribution in [1.29, 1.82) is 0 Å². The van der Waals surface area contributed by atoms with E-state index < -0.39 is 0 Å². The Morgan fingerprint density at radius 3 is 2.78 bits per heavy atom. The highest BCUT2D eigenvalue weighted by atomic mass is 32.1. The summed E-state index contributed by atoms with van der Waals surface area (Å²) in [6.07, 6.45) is 2.33. The number of thiazole rings is 1. The molecular weight excluding hydrogens is 247 g/mol. The first-order chi connectivity index (χ1) is 8.54. The second-order valence-electron chi connectivity index (χ2n) is 5.15. The quantitative estimate of drug-likeness (QED) is 0.850. The summed E-state index contributed by atoms with van der Waals surface area (Å²) in [5, 5.41) is 4.27. The second kappa shape index (κ2) is 5.65. The third-order valence-corrected chi connectivity index (χ3v) is 3.85. The summed E-state index contributed by atoms with van der Waals surface area (Å²) < 4.78 is 14.0. The van der Waals surface area contributed by atoms with Gasteiger partial charge in [0, 0.05) is 6.04 Å². The first kappa shape index (κ1) is 13.3. The van der Waals surface area contributed by atoms with Crippen molar-refractivity contribution in [2.75, 3.05) is 5.32 Å². The zero-order valence-electron chi connectivity index (χ0n) is 11.0. The number of anilines is 1. The summed E-state index contributed by atoms with van der Waals surface area (Å²) in [4.78, 5) is 4.46. The standard InChI is InChI=1S/C14H19FN2S/c1-9(2)4-5-10(3)16-14-17-12-7-6-11(15)8-13(12)18-14/h6-10H,4-5H2,1-3H3,(H,16,17). The average Bonchev–Trinajstić information content (AvgIpc) is 2.67. The minimum Gasteiger partial charge on any atom is -0.359 e. The maximum absolute atomic E-state index is 13.1. The Morgan fingerprint density at radius 1 is 1.28 bits per heavy atom. The molecule has 1 unspecified atom stereocenters. The van der Waals surface area contributed by atoms with E-state index in [0.717, 1.165) is 27.7 Å². The molecule has 4 heteroatoms. The molecule has 1 heterocycles. The molecule has 1 atom stereocenters. The van der Waals surface area contributed by atoms with Crippen LogP contribution in [0.15, 0.2) is 18.2 Å². The Hall–Kier alpha value is -1.16. The molecule has 0 saturated carbocycles. The van der Waals surface area contributed by atoms with E-state index in [1.807, 2.05) is 0 Å². The summed E-state index contributed by atoms with van der Waals surface area (Å²) in [6.45, 7) is 6.62. The fourth-order valence-electron chi connectivity index (χ4n) is 1.83. The molecule has 0 aliphatic rings. The molecule has 1 aromatic carbocycles. The van der Waals surface area contributed by atoms with Gasteiger partial charge in [-0.05, 0) is 43.9 Å². The van der Waals surface area contributed by atoms with Gasteiger partial charge in [0.2, 0.25) is 0 Å². The molecule has 0 aliphatic heterocycles. The summed E-state index contributed by atoms with van der Waals surface area (Å²) in [5.41, 5.74) is 0.861. The highest BCUT2D eigenvalue weighted by molar-refractivity contribution is 7.22. The molecule has 0 amide bonds. The van der Waals surface area contributed by atoms with Crippen LogP contribution in [-0.2, 0) is 0 Å². The zero-order valence-corrected chi connectivity index (χ0v) is 11.9. The second-order valence-corrected chi connectivity index (χ2v) is 6.18. The van der Waals surface area contributed by atoms with Crippen molar-refractivity contribution in [3.63, 3.8) is 0 Å². The first-order valence-corrected chi connectivity index (χ1v) is 7.19. The Labute approximate surface area is 111 Å². The normalized spacial score (nSPS) is 13.2. The summed E-state index contributed by atoms with van der Waals surface area (Å²) in [6, 6.07) is 5.12. The molecule has 0 aliphatic carbocycles. The van der Waals surface area contributed by atoms with Crippen LogP contribution in [0.1, 0.15) is 33.6 Å². The number of aromatic nitrogens is 1. The lowest BCUT2D eigenvalue weighted by molar-refractivity contribution is 0.527. The predicted molar refractivity (Wildman–Crippen MR) is 76.7 cm³/mol. The number of hydrogen-bond acceptors (Lipinski definition) is 3. The van der Waals surface area contributed by atoms with E-state index in [4.69, 9.17) is 0 Å².